The van der Waals surface area contributed by atoms with Crippen molar-refractivity contribution in [1.82, 2.24) is 0 Å². The summed E-state index contributed by atoms with van der Waals surface area (Å²) < 4.78 is 0. The first kappa shape index (κ1) is 43.6. The fourth-order valence-electron chi connectivity index (χ4n) is 12.2. The third-order valence-corrected chi connectivity index (χ3v) is 16.0. The smallest absolute Gasteiger partial charge is 0.0540 e. The number of hydrogen-bond donors (Lipinski definition) is 0. The van der Waals surface area contributed by atoms with Gasteiger partial charge in [0.1, 0.15) is 0 Å². The average Bonchev–Trinajstić information content (AvgIpc) is 3.80. The molecule has 0 aromatic heterocycles. The van der Waals surface area contributed by atoms with Gasteiger partial charge in [-0.25, -0.2) is 0 Å². The van der Waals surface area contributed by atoms with E-state index in [0.717, 1.165) is 40.5 Å². The number of hydrogen-bond acceptors (Lipinski definition) is 2. The average molecular weight is 925 g/mol. The number of rotatable bonds is 9. The first-order chi connectivity index (χ1) is 35.2. The summed E-state index contributed by atoms with van der Waals surface area (Å²) in [5.41, 5.74) is 23.6. The van der Waals surface area contributed by atoms with Crippen molar-refractivity contribution in [2.45, 2.75) is 50.9 Å². The molecule has 346 valence electrons. The SMILES string of the molecule is CC1(C)c2ccccc2-c2ccc(N(c3ccc(-c4ccc(N(c5ccc(C6C=C(c7ccccc7)C=CC6)cc5)c5cccc6ccccc56)cc4)cc3)c3ccc4c(c3)C(C)(C)c3ccccc3-4)cc21. The highest BCUT2D eigenvalue weighted by Gasteiger charge is 2.38. The van der Waals surface area contributed by atoms with Gasteiger partial charge in [-0.3, -0.25) is 0 Å². The van der Waals surface area contributed by atoms with Crippen molar-refractivity contribution in [1.29, 1.82) is 0 Å². The lowest BCUT2D eigenvalue weighted by atomic mass is 9.82. The van der Waals surface area contributed by atoms with E-state index in [0.29, 0.717) is 5.92 Å². The van der Waals surface area contributed by atoms with Crippen molar-refractivity contribution in [2.75, 3.05) is 9.80 Å². The van der Waals surface area contributed by atoms with Gasteiger partial charge in [-0.2, -0.15) is 0 Å². The lowest BCUT2D eigenvalue weighted by molar-refractivity contribution is 0.660. The monoisotopic (exact) mass is 924 g/mol. The van der Waals surface area contributed by atoms with Gasteiger partial charge in [-0.1, -0.05) is 210 Å². The van der Waals surface area contributed by atoms with Crippen LogP contribution in [0, 0.1) is 0 Å². The highest BCUT2D eigenvalue weighted by molar-refractivity contribution is 5.99. The Balaban J connectivity index is 0.854. The number of fused-ring (bicyclic) bond motifs is 7. The molecule has 2 nitrogen and oxygen atoms in total. The van der Waals surface area contributed by atoms with Crippen LogP contribution in [0.4, 0.5) is 34.1 Å². The summed E-state index contributed by atoms with van der Waals surface area (Å²) in [6.45, 7) is 9.47. The minimum absolute atomic E-state index is 0.116. The van der Waals surface area contributed by atoms with Crippen LogP contribution in [0.2, 0.25) is 0 Å². The van der Waals surface area contributed by atoms with Gasteiger partial charge >= 0.3 is 0 Å². The van der Waals surface area contributed by atoms with Crippen LogP contribution in [0.3, 0.4) is 0 Å². The van der Waals surface area contributed by atoms with Gasteiger partial charge in [0.2, 0.25) is 0 Å². The Kier molecular flexibility index (Phi) is 10.4. The Labute approximate surface area is 424 Å². The molecule has 2 heteroatoms. The first-order valence-corrected chi connectivity index (χ1v) is 25.5. The molecule has 0 N–H and O–H groups in total. The summed E-state index contributed by atoms with van der Waals surface area (Å²) in [7, 11) is 0. The maximum atomic E-state index is 2.46. The van der Waals surface area contributed by atoms with Crippen molar-refractivity contribution in [3.05, 3.63) is 282 Å². The molecule has 10 aromatic rings. The minimum atomic E-state index is -0.116. The topological polar surface area (TPSA) is 6.48 Å². The molecule has 3 aliphatic carbocycles. The van der Waals surface area contributed by atoms with Crippen molar-refractivity contribution >= 4 is 50.5 Å². The van der Waals surface area contributed by atoms with Crippen LogP contribution in [0.5, 0.6) is 0 Å². The lowest BCUT2D eigenvalue weighted by Crippen LogP contribution is -2.18. The summed E-state index contributed by atoms with van der Waals surface area (Å²) in [5, 5.41) is 2.44. The zero-order valence-electron chi connectivity index (χ0n) is 41.4. The van der Waals surface area contributed by atoms with Crippen molar-refractivity contribution in [3.63, 3.8) is 0 Å². The van der Waals surface area contributed by atoms with Crippen LogP contribution in [-0.4, -0.2) is 0 Å². The Morgan fingerprint density at radius 1 is 0.375 bits per heavy atom. The van der Waals surface area contributed by atoms with Crippen molar-refractivity contribution < 1.29 is 0 Å². The molecular formula is C70H56N2. The second kappa shape index (κ2) is 17.1. The Morgan fingerprint density at radius 3 is 1.44 bits per heavy atom. The second-order valence-corrected chi connectivity index (χ2v) is 20.9. The highest BCUT2D eigenvalue weighted by Crippen LogP contribution is 2.53. The summed E-state index contributed by atoms with van der Waals surface area (Å²) in [5.74, 6) is 0.319. The van der Waals surface area contributed by atoms with Crippen LogP contribution in [0.25, 0.3) is 49.7 Å². The van der Waals surface area contributed by atoms with E-state index in [-0.39, 0.29) is 10.8 Å². The van der Waals surface area contributed by atoms with Gasteiger partial charge < -0.3 is 9.80 Å². The predicted octanol–water partition coefficient (Wildman–Crippen LogP) is 19.2. The van der Waals surface area contributed by atoms with Crippen LogP contribution < -0.4 is 9.80 Å². The molecule has 0 spiro atoms. The van der Waals surface area contributed by atoms with Gasteiger partial charge in [0.15, 0.2) is 0 Å². The number of allylic oxidation sites excluding steroid dienone is 4. The van der Waals surface area contributed by atoms with Crippen LogP contribution >= 0.6 is 0 Å². The number of anilines is 6. The predicted molar refractivity (Wildman–Crippen MR) is 305 cm³/mol. The summed E-state index contributed by atoms with van der Waals surface area (Å²) in [6, 6.07) is 85.6. The van der Waals surface area contributed by atoms with E-state index in [1.807, 2.05) is 0 Å². The van der Waals surface area contributed by atoms with Crippen LogP contribution in [-0.2, 0) is 10.8 Å². The van der Waals surface area contributed by atoms with E-state index in [9.17, 15) is 0 Å². The molecule has 0 saturated heterocycles. The van der Waals surface area contributed by atoms with E-state index in [1.54, 1.807) is 0 Å². The van der Waals surface area contributed by atoms with E-state index in [4.69, 9.17) is 0 Å². The van der Waals surface area contributed by atoms with Crippen molar-refractivity contribution in [3.8, 4) is 33.4 Å². The Morgan fingerprint density at radius 2 is 0.847 bits per heavy atom. The molecule has 1 atom stereocenters. The third kappa shape index (κ3) is 7.24. The molecule has 0 bridgehead atoms. The van der Waals surface area contributed by atoms with Gasteiger partial charge in [0.05, 0.1) is 5.69 Å². The fourth-order valence-corrected chi connectivity index (χ4v) is 12.2. The first-order valence-electron chi connectivity index (χ1n) is 25.5. The summed E-state index contributed by atoms with van der Waals surface area (Å²) >= 11 is 0. The van der Waals surface area contributed by atoms with Crippen LogP contribution in [0.15, 0.2) is 249 Å². The maximum absolute atomic E-state index is 2.46. The van der Waals surface area contributed by atoms with Gasteiger partial charge in [-0.05, 0) is 151 Å². The number of benzene rings is 10. The van der Waals surface area contributed by atoms with Crippen LogP contribution in [0.1, 0.15) is 73.4 Å². The Hall–Kier alpha value is -8.46. The summed E-state index contributed by atoms with van der Waals surface area (Å²) in [4.78, 5) is 4.87. The molecule has 72 heavy (non-hydrogen) atoms. The van der Waals surface area contributed by atoms with Gasteiger partial charge in [-0.15, -0.1) is 0 Å². The molecule has 3 aliphatic rings. The zero-order chi connectivity index (χ0) is 48.6. The third-order valence-electron chi connectivity index (χ3n) is 16.0. The summed E-state index contributed by atoms with van der Waals surface area (Å²) in [6.07, 6.45) is 8.00. The van der Waals surface area contributed by atoms with Crippen molar-refractivity contribution in [2.24, 2.45) is 0 Å². The molecule has 13 rings (SSSR count). The lowest BCUT2D eigenvalue weighted by Gasteiger charge is -2.30. The largest absolute Gasteiger partial charge is 0.310 e. The minimum Gasteiger partial charge on any atom is -0.310 e. The van der Waals surface area contributed by atoms with E-state index >= 15 is 0 Å². The normalized spacial score (nSPS) is 15.6. The maximum Gasteiger partial charge on any atom is 0.0540 e. The van der Waals surface area contributed by atoms with E-state index < -0.39 is 0 Å². The molecular weight excluding hydrogens is 869 g/mol. The molecule has 1 unspecified atom stereocenters. The number of nitrogens with zero attached hydrogens (tertiary/aromatic N) is 2. The molecule has 0 heterocycles. The molecule has 0 radical (unpaired) electrons. The van der Waals surface area contributed by atoms with Gasteiger partial charge in [0, 0.05) is 50.6 Å². The van der Waals surface area contributed by atoms with E-state index in [1.165, 1.54) is 83.1 Å². The molecule has 10 aromatic carbocycles. The molecule has 0 aliphatic heterocycles. The second-order valence-electron chi connectivity index (χ2n) is 20.9. The standard InChI is InChI=1S/C70H56N2/c1-69(2)64-25-12-10-23-60(64)62-42-40-57(45-66(62)69)71(58-41-43-63-61-24-11-13-26-65(61)70(3,4)67(63)46-58)54-34-28-48(29-35-54)49-30-36-55(37-31-49)72(68-27-15-19-51-18-8-9-22-59(51)68)56-38-32-50(33-39-56)53-21-14-20-52(44-53)47-16-6-5-7-17-47/h5-20,22-46,53H,21H2,1-4H3. The molecule has 0 amide bonds. The molecule has 0 fully saturated rings. The Bertz CT molecular complexity index is 3650. The molecule has 0 saturated carbocycles. The quantitative estimate of drug-likeness (QED) is 0.142. The van der Waals surface area contributed by atoms with E-state index in [2.05, 4.69) is 286 Å². The fraction of sp³-hybridized carbons (Fsp3) is 0.114. The zero-order valence-corrected chi connectivity index (χ0v) is 41.4. The van der Waals surface area contributed by atoms with Gasteiger partial charge in [0.25, 0.3) is 0 Å². The highest BCUT2D eigenvalue weighted by atomic mass is 15.1.